The van der Waals surface area contributed by atoms with Gasteiger partial charge in [-0.3, -0.25) is 9.59 Å². The van der Waals surface area contributed by atoms with Crippen LogP contribution in [0, 0.1) is 5.41 Å². The molecule has 2 amide bonds. The number of rotatable bonds is 7. The quantitative estimate of drug-likeness (QED) is 0.672. The summed E-state index contributed by atoms with van der Waals surface area (Å²) in [6.45, 7) is 2.17. The fraction of sp³-hybridized carbons (Fsp3) is 0.857. The fourth-order valence-corrected chi connectivity index (χ4v) is 2.36. The molecule has 1 saturated heterocycles. The number of hydrogen-bond acceptors (Lipinski definition) is 5. The van der Waals surface area contributed by atoms with Crippen LogP contribution in [0.5, 0.6) is 0 Å². The average Bonchev–Trinajstić information content (AvgIpc) is 2.50. The highest BCUT2D eigenvalue weighted by Gasteiger charge is 2.41. The Bertz CT molecular complexity index is 354. The first kappa shape index (κ1) is 17.9. The zero-order valence-corrected chi connectivity index (χ0v) is 13.3. The number of ether oxygens (including phenoxy) is 2. The molecule has 1 heterocycles. The molecule has 0 aliphatic carbocycles. The van der Waals surface area contributed by atoms with Crippen LogP contribution in [0.3, 0.4) is 0 Å². The van der Waals surface area contributed by atoms with Gasteiger partial charge in [0.15, 0.2) is 0 Å². The Morgan fingerprint density at radius 3 is 2.38 bits per heavy atom. The number of carbonyl (C=O) groups excluding carboxylic acids is 2. The molecule has 0 spiro atoms. The molecule has 1 fully saturated rings. The average molecular weight is 301 g/mol. The Labute approximate surface area is 126 Å². The van der Waals surface area contributed by atoms with Crippen LogP contribution in [0.15, 0.2) is 0 Å². The maximum Gasteiger partial charge on any atom is 0.241 e. The van der Waals surface area contributed by atoms with Gasteiger partial charge in [0.1, 0.15) is 0 Å². The van der Waals surface area contributed by atoms with E-state index in [2.05, 4.69) is 0 Å². The van der Waals surface area contributed by atoms with Crippen molar-refractivity contribution < 1.29 is 19.1 Å². The Morgan fingerprint density at radius 2 is 1.90 bits per heavy atom. The standard InChI is InChI=1S/C14H27N3O4/c1-16(2)12(18)10-17(6-9-20-3)13(19)14(11-15)4-7-21-8-5-14/h4-11,15H2,1-3H3. The van der Waals surface area contributed by atoms with Crippen LogP contribution in [0.2, 0.25) is 0 Å². The minimum Gasteiger partial charge on any atom is -0.383 e. The van der Waals surface area contributed by atoms with Crippen molar-refractivity contribution in [2.24, 2.45) is 11.1 Å². The van der Waals surface area contributed by atoms with Crippen molar-refractivity contribution >= 4 is 11.8 Å². The Kier molecular flexibility index (Phi) is 7.07. The van der Waals surface area contributed by atoms with Crippen LogP contribution in [-0.2, 0) is 19.1 Å². The van der Waals surface area contributed by atoms with Gasteiger partial charge in [0.2, 0.25) is 11.8 Å². The van der Waals surface area contributed by atoms with E-state index in [0.717, 1.165) is 0 Å². The van der Waals surface area contributed by atoms with Gasteiger partial charge in [0.25, 0.3) is 0 Å². The lowest BCUT2D eigenvalue weighted by atomic mass is 9.79. The van der Waals surface area contributed by atoms with Crippen molar-refractivity contribution in [3.05, 3.63) is 0 Å². The molecule has 0 atom stereocenters. The Hall–Kier alpha value is -1.18. The molecule has 0 radical (unpaired) electrons. The normalized spacial score (nSPS) is 17.3. The number of methoxy groups -OCH3 is 1. The molecule has 7 nitrogen and oxygen atoms in total. The molecule has 1 aliphatic rings. The highest BCUT2D eigenvalue weighted by molar-refractivity contribution is 5.88. The number of carbonyl (C=O) groups is 2. The number of nitrogens with two attached hydrogens (primary N) is 1. The minimum absolute atomic E-state index is 0.0534. The van der Waals surface area contributed by atoms with Crippen LogP contribution >= 0.6 is 0 Å². The van der Waals surface area contributed by atoms with E-state index in [1.54, 1.807) is 26.1 Å². The van der Waals surface area contributed by atoms with Crippen molar-refractivity contribution in [1.82, 2.24) is 9.80 Å². The fourth-order valence-electron chi connectivity index (χ4n) is 2.36. The number of hydrogen-bond donors (Lipinski definition) is 1. The molecule has 0 aromatic carbocycles. The molecule has 0 aromatic rings. The third-order valence-corrected chi connectivity index (χ3v) is 3.97. The highest BCUT2D eigenvalue weighted by Crippen LogP contribution is 2.31. The molecule has 1 aliphatic heterocycles. The van der Waals surface area contributed by atoms with Gasteiger partial charge in [-0.15, -0.1) is 0 Å². The van der Waals surface area contributed by atoms with Gasteiger partial charge in [0, 0.05) is 47.5 Å². The topological polar surface area (TPSA) is 85.1 Å². The van der Waals surface area contributed by atoms with Crippen molar-refractivity contribution in [3.63, 3.8) is 0 Å². The molecule has 1 rings (SSSR count). The first-order valence-corrected chi connectivity index (χ1v) is 7.23. The second kappa shape index (κ2) is 8.31. The summed E-state index contributed by atoms with van der Waals surface area (Å²) in [7, 11) is 4.92. The summed E-state index contributed by atoms with van der Waals surface area (Å²) in [5.41, 5.74) is 5.25. The van der Waals surface area contributed by atoms with E-state index in [0.29, 0.717) is 39.2 Å². The smallest absolute Gasteiger partial charge is 0.241 e. The molecule has 7 heteroatoms. The number of amides is 2. The van der Waals surface area contributed by atoms with Gasteiger partial charge >= 0.3 is 0 Å². The van der Waals surface area contributed by atoms with E-state index < -0.39 is 5.41 Å². The lowest BCUT2D eigenvalue weighted by Gasteiger charge is -2.38. The third-order valence-electron chi connectivity index (χ3n) is 3.97. The summed E-state index contributed by atoms with van der Waals surface area (Å²) in [5.74, 6) is -0.181. The SMILES string of the molecule is COCCN(CC(=O)N(C)C)C(=O)C1(CN)CCOCC1. The van der Waals surface area contributed by atoms with Crippen LogP contribution in [0.4, 0.5) is 0 Å². The van der Waals surface area contributed by atoms with Gasteiger partial charge in [-0.1, -0.05) is 0 Å². The van der Waals surface area contributed by atoms with Crippen LogP contribution < -0.4 is 5.73 Å². The van der Waals surface area contributed by atoms with Crippen molar-refractivity contribution in [2.75, 3.05) is 60.7 Å². The van der Waals surface area contributed by atoms with Crippen molar-refractivity contribution in [3.8, 4) is 0 Å². The minimum atomic E-state index is -0.613. The summed E-state index contributed by atoms with van der Waals surface area (Å²) in [6.07, 6.45) is 1.20. The zero-order valence-electron chi connectivity index (χ0n) is 13.3. The van der Waals surface area contributed by atoms with Gasteiger partial charge in [0.05, 0.1) is 18.6 Å². The van der Waals surface area contributed by atoms with Crippen molar-refractivity contribution in [1.29, 1.82) is 0 Å². The Balaban J connectivity index is 2.84. The van der Waals surface area contributed by atoms with Crippen LogP contribution in [-0.4, -0.2) is 82.3 Å². The lowest BCUT2D eigenvalue weighted by molar-refractivity contribution is -0.151. The molecule has 0 unspecified atom stereocenters. The van der Waals surface area contributed by atoms with E-state index >= 15 is 0 Å². The summed E-state index contributed by atoms with van der Waals surface area (Å²) < 4.78 is 10.4. The molecule has 2 N–H and O–H groups in total. The molecule has 21 heavy (non-hydrogen) atoms. The predicted molar refractivity (Wildman–Crippen MR) is 78.7 cm³/mol. The van der Waals surface area contributed by atoms with E-state index in [1.165, 1.54) is 4.90 Å². The third kappa shape index (κ3) is 4.66. The van der Waals surface area contributed by atoms with E-state index in [1.807, 2.05) is 0 Å². The molecule has 122 valence electrons. The molecular formula is C14H27N3O4. The van der Waals surface area contributed by atoms with E-state index in [4.69, 9.17) is 15.2 Å². The summed E-state index contributed by atoms with van der Waals surface area (Å²) in [5, 5.41) is 0. The van der Waals surface area contributed by atoms with Gasteiger partial charge in [-0.25, -0.2) is 0 Å². The monoisotopic (exact) mass is 301 g/mol. The molecular weight excluding hydrogens is 274 g/mol. The predicted octanol–water partition coefficient (Wildman–Crippen LogP) is -0.695. The zero-order chi connectivity index (χ0) is 15.9. The maximum atomic E-state index is 12.9. The first-order valence-electron chi connectivity index (χ1n) is 7.23. The summed E-state index contributed by atoms with van der Waals surface area (Å²) in [4.78, 5) is 27.8. The second-order valence-corrected chi connectivity index (χ2v) is 5.60. The van der Waals surface area contributed by atoms with Gasteiger partial charge in [-0.05, 0) is 12.8 Å². The molecule has 0 saturated carbocycles. The Morgan fingerprint density at radius 1 is 1.29 bits per heavy atom. The number of nitrogens with zero attached hydrogens (tertiary/aromatic N) is 2. The van der Waals surface area contributed by atoms with Crippen LogP contribution in [0.1, 0.15) is 12.8 Å². The summed E-state index contributed by atoms with van der Waals surface area (Å²) in [6, 6.07) is 0. The lowest BCUT2D eigenvalue weighted by Crippen LogP contribution is -2.53. The highest BCUT2D eigenvalue weighted by atomic mass is 16.5. The first-order chi connectivity index (χ1) is 9.96. The summed E-state index contributed by atoms with van der Waals surface area (Å²) >= 11 is 0. The van der Waals surface area contributed by atoms with Crippen molar-refractivity contribution in [2.45, 2.75) is 12.8 Å². The second-order valence-electron chi connectivity index (χ2n) is 5.60. The van der Waals surface area contributed by atoms with Crippen LogP contribution in [0.25, 0.3) is 0 Å². The largest absolute Gasteiger partial charge is 0.383 e. The molecule has 0 aromatic heterocycles. The van der Waals surface area contributed by atoms with Gasteiger partial charge < -0.3 is 25.0 Å². The van der Waals surface area contributed by atoms with E-state index in [9.17, 15) is 9.59 Å². The number of likely N-dealkylation sites (N-methyl/N-ethyl adjacent to an activating group) is 1. The van der Waals surface area contributed by atoms with E-state index in [-0.39, 0.29) is 24.9 Å². The molecule has 0 bridgehead atoms. The van der Waals surface area contributed by atoms with Gasteiger partial charge in [-0.2, -0.15) is 0 Å². The maximum absolute atomic E-state index is 12.9.